The van der Waals surface area contributed by atoms with Gasteiger partial charge in [-0.2, -0.15) is 0 Å². The van der Waals surface area contributed by atoms with Crippen LogP contribution in [0.5, 0.6) is 0 Å². The minimum absolute atomic E-state index is 0.155. The van der Waals surface area contributed by atoms with Gasteiger partial charge in [-0.3, -0.25) is 9.59 Å². The number of carboxylic acid groups (broad SMARTS) is 1. The molecule has 2 N–H and O–H groups in total. The number of unbranched alkanes of at least 4 members (excludes halogenated alkanes) is 6. The van der Waals surface area contributed by atoms with Gasteiger partial charge < -0.3 is 15.1 Å². The molecule has 0 unspecified atom stereocenters. The van der Waals surface area contributed by atoms with Crippen LogP contribution in [0.4, 0.5) is 0 Å². The zero-order chi connectivity index (χ0) is 18.9. The summed E-state index contributed by atoms with van der Waals surface area (Å²) in [5.41, 5.74) is 0. The third-order valence-electron chi connectivity index (χ3n) is 4.28. The molecule has 0 saturated carbocycles. The number of aliphatic hydroxyl groups is 1. The lowest BCUT2D eigenvalue weighted by Gasteiger charge is -2.16. The van der Waals surface area contributed by atoms with Crippen LogP contribution in [0.2, 0.25) is 0 Å². The van der Waals surface area contributed by atoms with E-state index in [1.165, 1.54) is 0 Å². The molecule has 0 aliphatic carbocycles. The van der Waals surface area contributed by atoms with E-state index in [0.29, 0.717) is 12.8 Å². The van der Waals surface area contributed by atoms with E-state index in [0.717, 1.165) is 64.3 Å². The van der Waals surface area contributed by atoms with Crippen molar-refractivity contribution in [3.8, 4) is 0 Å². The molecule has 0 aliphatic rings. The SMILES string of the molecule is CCCCC[C@H](O)/C=C/CCCC(=O)N(C)CCCCCCC(=O)O. The average molecular weight is 356 g/mol. The lowest BCUT2D eigenvalue weighted by atomic mass is 10.1. The molecule has 0 aromatic carbocycles. The second kappa shape index (κ2) is 16.1. The highest BCUT2D eigenvalue weighted by Crippen LogP contribution is 2.08. The number of aliphatic carboxylic acids is 1. The topological polar surface area (TPSA) is 77.8 Å². The Morgan fingerprint density at radius 3 is 2.40 bits per heavy atom. The summed E-state index contributed by atoms with van der Waals surface area (Å²) in [7, 11) is 1.83. The van der Waals surface area contributed by atoms with Crippen LogP contribution in [0.15, 0.2) is 12.2 Å². The molecule has 0 aromatic rings. The standard InChI is InChI=1S/C20H37NO4/c1-3-4-8-13-18(22)14-9-7-10-15-19(23)21(2)17-12-6-5-11-16-20(24)25/h9,14,18,22H,3-8,10-13,15-17H2,1-2H3,(H,24,25)/b14-9+/t18-/m0/s1. The quantitative estimate of drug-likeness (QED) is 0.322. The Balaban J connectivity index is 3.62. The first-order chi connectivity index (χ1) is 12.0. The third-order valence-corrected chi connectivity index (χ3v) is 4.28. The van der Waals surface area contributed by atoms with Crippen LogP contribution in [0, 0.1) is 0 Å². The van der Waals surface area contributed by atoms with Crippen LogP contribution in [-0.4, -0.2) is 46.7 Å². The Hall–Kier alpha value is -1.36. The van der Waals surface area contributed by atoms with Gasteiger partial charge >= 0.3 is 5.97 Å². The minimum Gasteiger partial charge on any atom is -0.481 e. The molecule has 0 fully saturated rings. The Kier molecular flexibility index (Phi) is 15.2. The van der Waals surface area contributed by atoms with Crippen molar-refractivity contribution in [1.29, 1.82) is 0 Å². The fourth-order valence-electron chi connectivity index (χ4n) is 2.62. The summed E-state index contributed by atoms with van der Waals surface area (Å²) in [5.74, 6) is -0.586. The summed E-state index contributed by atoms with van der Waals surface area (Å²) >= 11 is 0. The van der Waals surface area contributed by atoms with Gasteiger partial charge in [-0.15, -0.1) is 0 Å². The summed E-state index contributed by atoms with van der Waals surface area (Å²) in [6.45, 7) is 2.88. The van der Waals surface area contributed by atoms with Crippen LogP contribution >= 0.6 is 0 Å². The molecule has 5 nitrogen and oxygen atoms in total. The molecule has 0 spiro atoms. The lowest BCUT2D eigenvalue weighted by molar-refractivity contribution is -0.137. The molecular formula is C20H37NO4. The average Bonchev–Trinajstić information content (AvgIpc) is 2.57. The largest absolute Gasteiger partial charge is 0.481 e. The van der Waals surface area contributed by atoms with Crippen LogP contribution in [-0.2, 0) is 9.59 Å². The van der Waals surface area contributed by atoms with E-state index < -0.39 is 5.97 Å². The van der Waals surface area contributed by atoms with E-state index in [-0.39, 0.29) is 18.4 Å². The molecule has 5 heteroatoms. The van der Waals surface area contributed by atoms with E-state index in [1.54, 1.807) is 4.90 Å². The van der Waals surface area contributed by atoms with E-state index >= 15 is 0 Å². The fourth-order valence-corrected chi connectivity index (χ4v) is 2.62. The summed E-state index contributed by atoms with van der Waals surface area (Å²) in [6, 6.07) is 0. The van der Waals surface area contributed by atoms with Gasteiger partial charge in [-0.05, 0) is 32.1 Å². The minimum atomic E-state index is -0.741. The number of amides is 1. The van der Waals surface area contributed by atoms with Crippen LogP contribution in [0.1, 0.15) is 84.0 Å². The molecule has 0 rings (SSSR count). The third kappa shape index (κ3) is 15.9. The number of carboxylic acids is 1. The van der Waals surface area contributed by atoms with Crippen molar-refractivity contribution in [3.05, 3.63) is 12.2 Å². The van der Waals surface area contributed by atoms with Crippen molar-refractivity contribution >= 4 is 11.9 Å². The number of rotatable bonds is 16. The Morgan fingerprint density at radius 2 is 1.72 bits per heavy atom. The van der Waals surface area contributed by atoms with Crippen LogP contribution in [0.3, 0.4) is 0 Å². The van der Waals surface area contributed by atoms with Crippen molar-refractivity contribution in [2.24, 2.45) is 0 Å². The van der Waals surface area contributed by atoms with Gasteiger partial charge in [-0.1, -0.05) is 51.2 Å². The van der Waals surface area contributed by atoms with E-state index in [9.17, 15) is 14.7 Å². The number of nitrogens with zero attached hydrogens (tertiary/aromatic N) is 1. The van der Waals surface area contributed by atoms with E-state index in [4.69, 9.17) is 5.11 Å². The second-order valence-electron chi connectivity index (χ2n) is 6.76. The molecule has 0 heterocycles. The predicted octanol–water partition coefficient (Wildman–Crippen LogP) is 4.15. The van der Waals surface area contributed by atoms with Gasteiger partial charge in [0.2, 0.25) is 5.91 Å². The second-order valence-corrected chi connectivity index (χ2v) is 6.76. The highest BCUT2D eigenvalue weighted by molar-refractivity contribution is 5.75. The van der Waals surface area contributed by atoms with Gasteiger partial charge in [0, 0.05) is 26.4 Å². The van der Waals surface area contributed by atoms with Crippen molar-refractivity contribution in [2.75, 3.05) is 13.6 Å². The van der Waals surface area contributed by atoms with Crippen molar-refractivity contribution in [3.63, 3.8) is 0 Å². The summed E-state index contributed by atoms with van der Waals surface area (Å²) in [4.78, 5) is 24.2. The summed E-state index contributed by atoms with van der Waals surface area (Å²) < 4.78 is 0. The normalized spacial score (nSPS) is 12.4. The molecule has 146 valence electrons. The van der Waals surface area contributed by atoms with Gasteiger partial charge in [0.15, 0.2) is 0 Å². The van der Waals surface area contributed by atoms with Crippen molar-refractivity contribution in [1.82, 2.24) is 4.90 Å². The Bertz CT molecular complexity index is 382. The first kappa shape index (κ1) is 23.6. The van der Waals surface area contributed by atoms with Gasteiger partial charge in [-0.25, -0.2) is 0 Å². The lowest BCUT2D eigenvalue weighted by Crippen LogP contribution is -2.27. The molecular weight excluding hydrogens is 318 g/mol. The molecule has 0 aliphatic heterocycles. The Labute approximate surface area is 153 Å². The summed E-state index contributed by atoms with van der Waals surface area (Å²) in [6.07, 6.45) is 13.6. The number of carbonyl (C=O) groups is 2. The number of hydrogen-bond acceptors (Lipinski definition) is 3. The summed E-state index contributed by atoms with van der Waals surface area (Å²) in [5, 5.41) is 18.3. The maximum absolute atomic E-state index is 12.0. The molecule has 1 atom stereocenters. The van der Waals surface area contributed by atoms with Gasteiger partial charge in [0.05, 0.1) is 6.10 Å². The van der Waals surface area contributed by atoms with Gasteiger partial charge in [0.25, 0.3) is 0 Å². The monoisotopic (exact) mass is 355 g/mol. The van der Waals surface area contributed by atoms with Gasteiger partial charge in [0.1, 0.15) is 0 Å². The smallest absolute Gasteiger partial charge is 0.303 e. The number of carbonyl (C=O) groups excluding carboxylic acids is 1. The van der Waals surface area contributed by atoms with Crippen molar-refractivity contribution < 1.29 is 19.8 Å². The molecule has 0 aromatic heterocycles. The molecule has 25 heavy (non-hydrogen) atoms. The van der Waals surface area contributed by atoms with Crippen LogP contribution < -0.4 is 0 Å². The van der Waals surface area contributed by atoms with Crippen LogP contribution in [0.25, 0.3) is 0 Å². The maximum atomic E-state index is 12.0. The molecule has 0 saturated heterocycles. The first-order valence-corrected chi connectivity index (χ1v) is 9.77. The number of allylic oxidation sites excluding steroid dienone is 1. The highest BCUT2D eigenvalue weighted by Gasteiger charge is 2.07. The first-order valence-electron chi connectivity index (χ1n) is 9.77. The number of aliphatic hydroxyl groups excluding tert-OH is 1. The fraction of sp³-hybridized carbons (Fsp3) is 0.800. The highest BCUT2D eigenvalue weighted by atomic mass is 16.4. The molecule has 0 bridgehead atoms. The zero-order valence-corrected chi connectivity index (χ0v) is 16.1. The van der Waals surface area contributed by atoms with Crippen molar-refractivity contribution in [2.45, 2.75) is 90.1 Å². The zero-order valence-electron chi connectivity index (χ0n) is 16.1. The molecule has 0 radical (unpaired) electrons. The molecule has 1 amide bonds. The predicted molar refractivity (Wildman–Crippen MR) is 101 cm³/mol. The van der Waals surface area contributed by atoms with E-state index in [1.807, 2.05) is 19.2 Å². The number of hydrogen-bond donors (Lipinski definition) is 2. The maximum Gasteiger partial charge on any atom is 0.303 e. The van der Waals surface area contributed by atoms with E-state index in [2.05, 4.69) is 6.92 Å². The Morgan fingerprint density at radius 1 is 1.00 bits per heavy atom.